The van der Waals surface area contributed by atoms with Crippen LogP contribution in [0.4, 0.5) is 0 Å². The third-order valence-electron chi connectivity index (χ3n) is 3.10. The lowest BCUT2D eigenvalue weighted by Gasteiger charge is -2.20. The lowest BCUT2D eigenvalue weighted by atomic mass is 9.95. The summed E-state index contributed by atoms with van der Waals surface area (Å²) in [5.74, 6) is -1.35. The van der Waals surface area contributed by atoms with Crippen LogP contribution in [0.1, 0.15) is 28.4 Å². The highest BCUT2D eigenvalue weighted by molar-refractivity contribution is 5.98. The van der Waals surface area contributed by atoms with Gasteiger partial charge in [-0.2, -0.15) is 0 Å². The van der Waals surface area contributed by atoms with E-state index in [2.05, 4.69) is 10.6 Å². The fraction of sp³-hybridized carbons (Fsp3) is 0.385. The number of nitrogens with one attached hydrogen (secondary N) is 2. The molecule has 96 valence electrons. The molecule has 5 heteroatoms. The molecule has 0 saturated heterocycles. The van der Waals surface area contributed by atoms with Gasteiger partial charge in [-0.1, -0.05) is 12.1 Å². The van der Waals surface area contributed by atoms with Crippen molar-refractivity contribution in [1.82, 2.24) is 10.6 Å². The SMILES string of the molecule is C[C@@H](NC(=O)c1cccc2c1CCNC2)C(=O)O. The maximum absolute atomic E-state index is 12.0. The summed E-state index contributed by atoms with van der Waals surface area (Å²) in [5.41, 5.74) is 2.71. The molecule has 1 aliphatic rings. The Hall–Kier alpha value is -1.88. The van der Waals surface area contributed by atoms with Gasteiger partial charge in [-0.15, -0.1) is 0 Å². The number of benzene rings is 1. The third kappa shape index (κ3) is 2.51. The zero-order valence-corrected chi connectivity index (χ0v) is 10.2. The highest BCUT2D eigenvalue weighted by Crippen LogP contribution is 2.18. The fourth-order valence-corrected chi connectivity index (χ4v) is 2.08. The summed E-state index contributed by atoms with van der Waals surface area (Å²) in [6.07, 6.45) is 0.792. The van der Waals surface area contributed by atoms with Crippen LogP contribution in [0.15, 0.2) is 18.2 Å². The molecule has 0 aliphatic carbocycles. The molecule has 0 radical (unpaired) electrons. The first-order valence-corrected chi connectivity index (χ1v) is 5.94. The van der Waals surface area contributed by atoms with Crippen LogP contribution in [0.2, 0.25) is 0 Å². The van der Waals surface area contributed by atoms with Crippen LogP contribution >= 0.6 is 0 Å². The maximum Gasteiger partial charge on any atom is 0.325 e. The summed E-state index contributed by atoms with van der Waals surface area (Å²) < 4.78 is 0. The molecule has 1 aliphatic heterocycles. The quantitative estimate of drug-likeness (QED) is 0.729. The van der Waals surface area contributed by atoms with E-state index in [4.69, 9.17) is 5.11 Å². The number of aliphatic carboxylic acids is 1. The molecular weight excluding hydrogens is 232 g/mol. The Bertz CT molecular complexity index is 485. The third-order valence-corrected chi connectivity index (χ3v) is 3.10. The van der Waals surface area contributed by atoms with Crippen LogP contribution in [0.3, 0.4) is 0 Å². The minimum Gasteiger partial charge on any atom is -0.480 e. The summed E-state index contributed by atoms with van der Waals surface area (Å²) >= 11 is 0. The lowest BCUT2D eigenvalue weighted by Crippen LogP contribution is -2.39. The fourth-order valence-electron chi connectivity index (χ4n) is 2.08. The molecule has 0 spiro atoms. The second kappa shape index (κ2) is 5.18. The van der Waals surface area contributed by atoms with Crippen molar-refractivity contribution in [3.8, 4) is 0 Å². The summed E-state index contributed by atoms with van der Waals surface area (Å²) in [4.78, 5) is 22.8. The lowest BCUT2D eigenvalue weighted by molar-refractivity contribution is -0.138. The van der Waals surface area contributed by atoms with E-state index < -0.39 is 12.0 Å². The Labute approximate surface area is 105 Å². The van der Waals surface area contributed by atoms with E-state index in [0.717, 1.165) is 30.6 Å². The van der Waals surface area contributed by atoms with Gasteiger partial charge in [0.25, 0.3) is 5.91 Å². The first-order chi connectivity index (χ1) is 8.59. The van der Waals surface area contributed by atoms with Crippen molar-refractivity contribution in [1.29, 1.82) is 0 Å². The second-order valence-corrected chi connectivity index (χ2v) is 4.40. The Morgan fingerprint density at radius 2 is 2.22 bits per heavy atom. The predicted molar refractivity (Wildman–Crippen MR) is 66.4 cm³/mol. The van der Waals surface area contributed by atoms with Crippen molar-refractivity contribution in [2.45, 2.75) is 25.9 Å². The van der Waals surface area contributed by atoms with Gasteiger partial charge in [-0.25, -0.2) is 0 Å². The normalized spacial score (nSPS) is 15.6. The molecule has 3 N–H and O–H groups in total. The van der Waals surface area contributed by atoms with Gasteiger partial charge in [-0.3, -0.25) is 9.59 Å². The average molecular weight is 248 g/mol. The highest BCUT2D eigenvalue weighted by Gasteiger charge is 2.20. The Morgan fingerprint density at radius 1 is 1.44 bits per heavy atom. The Kier molecular flexibility index (Phi) is 3.62. The van der Waals surface area contributed by atoms with Crippen LogP contribution in [0.5, 0.6) is 0 Å². The number of hydrogen-bond donors (Lipinski definition) is 3. The van der Waals surface area contributed by atoms with E-state index in [1.165, 1.54) is 6.92 Å². The van der Waals surface area contributed by atoms with Gasteiger partial charge in [0.05, 0.1) is 0 Å². The van der Waals surface area contributed by atoms with Gasteiger partial charge < -0.3 is 15.7 Å². The van der Waals surface area contributed by atoms with E-state index >= 15 is 0 Å². The molecule has 18 heavy (non-hydrogen) atoms. The van der Waals surface area contributed by atoms with Crippen molar-refractivity contribution in [2.24, 2.45) is 0 Å². The zero-order chi connectivity index (χ0) is 13.1. The minimum absolute atomic E-state index is 0.316. The van der Waals surface area contributed by atoms with E-state index in [1.807, 2.05) is 12.1 Å². The van der Waals surface area contributed by atoms with Crippen molar-refractivity contribution in [2.75, 3.05) is 6.54 Å². The monoisotopic (exact) mass is 248 g/mol. The molecule has 5 nitrogen and oxygen atoms in total. The van der Waals surface area contributed by atoms with Crippen LogP contribution in [0, 0.1) is 0 Å². The summed E-state index contributed by atoms with van der Waals surface area (Å²) in [7, 11) is 0. The van der Waals surface area contributed by atoms with Crippen LogP contribution in [0.25, 0.3) is 0 Å². The number of carbonyl (C=O) groups excluding carboxylic acids is 1. The molecule has 1 atom stereocenters. The van der Waals surface area contributed by atoms with E-state index in [1.54, 1.807) is 6.07 Å². The Morgan fingerprint density at radius 3 is 2.94 bits per heavy atom. The van der Waals surface area contributed by atoms with Crippen molar-refractivity contribution in [3.05, 3.63) is 34.9 Å². The van der Waals surface area contributed by atoms with Gasteiger partial charge in [0.15, 0.2) is 0 Å². The number of rotatable bonds is 3. The number of carboxylic acids is 1. The van der Waals surface area contributed by atoms with Crippen molar-refractivity contribution in [3.63, 3.8) is 0 Å². The molecule has 1 aromatic rings. The molecule has 0 aromatic heterocycles. The van der Waals surface area contributed by atoms with Gasteiger partial charge in [0.2, 0.25) is 0 Å². The van der Waals surface area contributed by atoms with Gasteiger partial charge in [-0.05, 0) is 37.1 Å². The Balaban J connectivity index is 2.23. The average Bonchev–Trinajstić information content (AvgIpc) is 2.37. The standard InChI is InChI=1S/C13H16N2O3/c1-8(13(17)18)15-12(16)11-4-2-3-9-7-14-6-5-10(9)11/h2-4,8,14H,5-7H2,1H3,(H,15,16)(H,17,18)/t8-/m1/s1. The summed E-state index contributed by atoms with van der Waals surface area (Å²) in [5, 5.41) is 14.5. The predicted octanol–water partition coefficient (Wildman–Crippen LogP) is 0.535. The molecular formula is C13H16N2O3. The van der Waals surface area contributed by atoms with E-state index in [0.29, 0.717) is 5.56 Å². The minimum atomic E-state index is -1.03. The van der Waals surface area contributed by atoms with Gasteiger partial charge in [0, 0.05) is 12.1 Å². The number of amides is 1. The highest BCUT2D eigenvalue weighted by atomic mass is 16.4. The van der Waals surface area contributed by atoms with Crippen molar-refractivity contribution >= 4 is 11.9 Å². The number of carboxylic acid groups (broad SMARTS) is 1. The largest absolute Gasteiger partial charge is 0.480 e. The van der Waals surface area contributed by atoms with E-state index in [9.17, 15) is 9.59 Å². The second-order valence-electron chi connectivity index (χ2n) is 4.40. The van der Waals surface area contributed by atoms with Crippen LogP contribution < -0.4 is 10.6 Å². The van der Waals surface area contributed by atoms with E-state index in [-0.39, 0.29) is 5.91 Å². The first-order valence-electron chi connectivity index (χ1n) is 5.94. The zero-order valence-electron chi connectivity index (χ0n) is 10.2. The van der Waals surface area contributed by atoms with Crippen molar-refractivity contribution < 1.29 is 14.7 Å². The number of carbonyl (C=O) groups is 2. The molecule has 0 unspecified atom stereocenters. The molecule has 1 heterocycles. The number of hydrogen-bond acceptors (Lipinski definition) is 3. The van der Waals surface area contributed by atoms with Gasteiger partial charge in [0.1, 0.15) is 6.04 Å². The summed E-state index contributed by atoms with van der Waals surface area (Å²) in [6.45, 7) is 3.05. The maximum atomic E-state index is 12.0. The topological polar surface area (TPSA) is 78.4 Å². The molecule has 0 fully saturated rings. The summed E-state index contributed by atoms with van der Waals surface area (Å²) in [6, 6.07) is 4.68. The smallest absolute Gasteiger partial charge is 0.325 e. The molecule has 0 bridgehead atoms. The molecule has 0 saturated carbocycles. The molecule has 1 amide bonds. The van der Waals surface area contributed by atoms with Gasteiger partial charge >= 0.3 is 5.97 Å². The van der Waals surface area contributed by atoms with Crippen LogP contribution in [-0.2, 0) is 17.8 Å². The first kappa shape index (κ1) is 12.6. The molecule has 2 rings (SSSR count). The van der Waals surface area contributed by atoms with Crippen LogP contribution in [-0.4, -0.2) is 29.6 Å². The molecule has 1 aromatic carbocycles. The number of fused-ring (bicyclic) bond motifs is 1.